The van der Waals surface area contributed by atoms with E-state index in [0.29, 0.717) is 24.2 Å². The summed E-state index contributed by atoms with van der Waals surface area (Å²) in [6, 6.07) is 9.23. The fourth-order valence-electron chi connectivity index (χ4n) is 2.06. The first-order valence-corrected chi connectivity index (χ1v) is 7.05. The first kappa shape index (κ1) is 14.2. The van der Waals surface area contributed by atoms with Crippen molar-refractivity contribution in [2.75, 3.05) is 0 Å². The number of carbonyl (C=O) groups is 2. The number of nitrogens with one attached hydrogen (secondary N) is 1. The van der Waals surface area contributed by atoms with Crippen molar-refractivity contribution < 1.29 is 14.3 Å². The molecule has 0 aliphatic heterocycles. The van der Waals surface area contributed by atoms with Crippen LogP contribution in [0.3, 0.4) is 0 Å². The molecule has 1 aromatic carbocycles. The van der Waals surface area contributed by atoms with Gasteiger partial charge in [0, 0.05) is 29.9 Å². The number of hydrogen-bond acceptors (Lipinski definition) is 5. The topological polar surface area (TPSA) is 81.2 Å². The predicted octanol–water partition coefficient (Wildman–Crippen LogP) is 2.10. The molecule has 0 unspecified atom stereocenters. The van der Waals surface area contributed by atoms with Crippen LogP contribution in [0.4, 0.5) is 4.79 Å². The number of hydrogen-bond donors (Lipinski definition) is 1. The number of carbonyl (C=O) groups excluding carboxylic acids is 2. The Morgan fingerprint density at radius 2 is 1.95 bits per heavy atom. The van der Waals surface area contributed by atoms with E-state index in [9.17, 15) is 9.59 Å². The summed E-state index contributed by atoms with van der Waals surface area (Å²) in [7, 11) is 0. The molecule has 1 amide bonds. The molecule has 2 aromatic rings. The molecule has 6 nitrogen and oxygen atoms in total. The number of amides is 1. The summed E-state index contributed by atoms with van der Waals surface area (Å²) in [5.41, 5.74) is 1.62. The van der Waals surface area contributed by atoms with Gasteiger partial charge in [-0.2, -0.15) is 0 Å². The first-order valence-electron chi connectivity index (χ1n) is 7.05. The molecule has 1 aliphatic carbocycles. The maximum atomic E-state index is 11.5. The summed E-state index contributed by atoms with van der Waals surface area (Å²) in [5, 5.41) is 2.52. The third-order valence-corrected chi connectivity index (χ3v) is 3.47. The highest BCUT2D eigenvalue weighted by molar-refractivity contribution is 5.92. The van der Waals surface area contributed by atoms with Crippen molar-refractivity contribution in [2.24, 2.45) is 0 Å². The Balaban J connectivity index is 1.53. The largest absolute Gasteiger partial charge is 0.445 e. The lowest BCUT2D eigenvalue weighted by Gasteiger charge is -2.24. The minimum Gasteiger partial charge on any atom is -0.445 e. The quantitative estimate of drug-likeness (QED) is 0.934. The van der Waals surface area contributed by atoms with Crippen molar-refractivity contribution in [2.45, 2.75) is 25.5 Å². The molecule has 1 aromatic heterocycles. The van der Waals surface area contributed by atoms with Crippen molar-refractivity contribution in [3.63, 3.8) is 0 Å². The Labute approximate surface area is 127 Å². The number of alkyl carbamates (subject to hydrolysis) is 1. The summed E-state index contributed by atoms with van der Waals surface area (Å²) in [4.78, 5) is 31.1. The average Bonchev–Trinajstić information content (AvgIpc) is 2.58. The van der Waals surface area contributed by atoms with E-state index in [1.165, 1.54) is 0 Å². The van der Waals surface area contributed by atoms with Gasteiger partial charge in [-0.3, -0.25) is 4.79 Å². The number of Topliss-reactive ketones (excluding diaryl/α,β-unsaturated/α-hetero) is 1. The van der Waals surface area contributed by atoms with Crippen molar-refractivity contribution in [3.8, 4) is 11.4 Å². The SMILES string of the molecule is O=C(N[C@H]1CCC1=O)OCc1cnc(-c2ccccc2)nc1. The molecule has 112 valence electrons. The predicted molar refractivity (Wildman–Crippen MR) is 78.8 cm³/mol. The van der Waals surface area contributed by atoms with E-state index in [2.05, 4.69) is 15.3 Å². The second-order valence-corrected chi connectivity index (χ2v) is 5.06. The van der Waals surface area contributed by atoms with Gasteiger partial charge in [-0.25, -0.2) is 14.8 Å². The van der Waals surface area contributed by atoms with Gasteiger partial charge in [0.25, 0.3) is 0 Å². The third-order valence-electron chi connectivity index (χ3n) is 3.47. The van der Waals surface area contributed by atoms with E-state index in [1.54, 1.807) is 12.4 Å². The second kappa shape index (κ2) is 6.34. The molecule has 1 N–H and O–H groups in total. The summed E-state index contributed by atoms with van der Waals surface area (Å²) in [5.74, 6) is 0.668. The van der Waals surface area contributed by atoms with Crippen LogP contribution in [0, 0.1) is 0 Å². The highest BCUT2D eigenvalue weighted by Gasteiger charge is 2.29. The molecule has 1 heterocycles. The van der Waals surface area contributed by atoms with E-state index in [0.717, 1.165) is 5.56 Å². The third kappa shape index (κ3) is 3.28. The van der Waals surface area contributed by atoms with Gasteiger partial charge in [0.2, 0.25) is 0 Å². The van der Waals surface area contributed by atoms with Gasteiger partial charge in [0.15, 0.2) is 11.6 Å². The number of ether oxygens (including phenoxy) is 1. The molecule has 0 saturated heterocycles. The van der Waals surface area contributed by atoms with Crippen LogP contribution in [0.25, 0.3) is 11.4 Å². The highest BCUT2D eigenvalue weighted by Crippen LogP contribution is 2.15. The molecule has 0 spiro atoms. The molecular formula is C16H15N3O3. The summed E-state index contributed by atoms with van der Waals surface area (Å²) < 4.78 is 5.05. The van der Waals surface area contributed by atoms with Gasteiger partial charge in [0.05, 0.1) is 6.04 Å². The molecule has 22 heavy (non-hydrogen) atoms. The van der Waals surface area contributed by atoms with E-state index < -0.39 is 6.09 Å². The van der Waals surface area contributed by atoms with Crippen LogP contribution in [0.15, 0.2) is 42.7 Å². The van der Waals surface area contributed by atoms with Crippen LogP contribution in [-0.4, -0.2) is 27.9 Å². The van der Waals surface area contributed by atoms with Crippen LogP contribution < -0.4 is 5.32 Å². The van der Waals surface area contributed by atoms with Crippen LogP contribution in [0.5, 0.6) is 0 Å². The van der Waals surface area contributed by atoms with Gasteiger partial charge >= 0.3 is 6.09 Å². The van der Waals surface area contributed by atoms with Gasteiger partial charge in [-0.05, 0) is 6.42 Å². The summed E-state index contributed by atoms with van der Waals surface area (Å²) in [6.07, 6.45) is 3.86. The minimum atomic E-state index is -0.592. The first-order chi connectivity index (χ1) is 10.7. The normalized spacial score (nSPS) is 16.7. The zero-order chi connectivity index (χ0) is 15.4. The Kier molecular flexibility index (Phi) is 4.09. The summed E-state index contributed by atoms with van der Waals surface area (Å²) in [6.45, 7) is 0.0712. The molecule has 6 heteroatoms. The van der Waals surface area contributed by atoms with Crippen LogP contribution in [0.1, 0.15) is 18.4 Å². The molecule has 0 radical (unpaired) electrons. The Morgan fingerprint density at radius 3 is 2.55 bits per heavy atom. The number of rotatable bonds is 4. The highest BCUT2D eigenvalue weighted by atomic mass is 16.5. The molecule has 1 fully saturated rings. The lowest BCUT2D eigenvalue weighted by molar-refractivity contribution is -0.126. The number of benzene rings is 1. The fourth-order valence-corrected chi connectivity index (χ4v) is 2.06. The molecule has 3 rings (SSSR count). The van der Waals surface area contributed by atoms with E-state index in [-0.39, 0.29) is 18.4 Å². The van der Waals surface area contributed by atoms with Gasteiger partial charge in [-0.1, -0.05) is 30.3 Å². The lowest BCUT2D eigenvalue weighted by atomic mass is 9.91. The van der Waals surface area contributed by atoms with Crippen molar-refractivity contribution in [3.05, 3.63) is 48.3 Å². The Bertz CT molecular complexity index is 671. The Morgan fingerprint density at radius 1 is 1.23 bits per heavy atom. The zero-order valence-electron chi connectivity index (χ0n) is 11.9. The van der Waals surface area contributed by atoms with Crippen molar-refractivity contribution >= 4 is 11.9 Å². The molecule has 1 saturated carbocycles. The van der Waals surface area contributed by atoms with Gasteiger partial charge in [0.1, 0.15) is 6.61 Å². The average molecular weight is 297 g/mol. The monoisotopic (exact) mass is 297 g/mol. The number of aromatic nitrogens is 2. The maximum Gasteiger partial charge on any atom is 0.408 e. The molecule has 1 atom stereocenters. The number of nitrogens with zero attached hydrogens (tertiary/aromatic N) is 2. The van der Waals surface area contributed by atoms with Crippen LogP contribution in [-0.2, 0) is 16.1 Å². The van der Waals surface area contributed by atoms with Crippen molar-refractivity contribution in [1.82, 2.24) is 15.3 Å². The smallest absolute Gasteiger partial charge is 0.408 e. The lowest BCUT2D eigenvalue weighted by Crippen LogP contribution is -2.47. The fraction of sp³-hybridized carbons (Fsp3) is 0.250. The molecule has 0 bridgehead atoms. The molecular weight excluding hydrogens is 282 g/mol. The molecule has 1 aliphatic rings. The summed E-state index contributed by atoms with van der Waals surface area (Å²) >= 11 is 0. The maximum absolute atomic E-state index is 11.5. The van der Waals surface area contributed by atoms with Gasteiger partial charge < -0.3 is 10.1 Å². The van der Waals surface area contributed by atoms with Crippen LogP contribution >= 0.6 is 0 Å². The zero-order valence-corrected chi connectivity index (χ0v) is 11.9. The van der Waals surface area contributed by atoms with Crippen LogP contribution in [0.2, 0.25) is 0 Å². The van der Waals surface area contributed by atoms with E-state index in [4.69, 9.17) is 4.74 Å². The Hall–Kier alpha value is -2.76. The van der Waals surface area contributed by atoms with E-state index >= 15 is 0 Å². The standard InChI is InChI=1S/C16H15N3O3/c20-14-7-6-13(14)19-16(21)22-10-11-8-17-15(18-9-11)12-4-2-1-3-5-12/h1-5,8-9,13H,6-7,10H2,(H,19,21)/t13-/m0/s1. The van der Waals surface area contributed by atoms with E-state index in [1.807, 2.05) is 30.3 Å². The minimum absolute atomic E-state index is 0.0486. The van der Waals surface area contributed by atoms with Gasteiger partial charge in [-0.15, -0.1) is 0 Å². The second-order valence-electron chi connectivity index (χ2n) is 5.06. The van der Waals surface area contributed by atoms with Crippen molar-refractivity contribution in [1.29, 1.82) is 0 Å². The number of ketones is 1.